The maximum atomic E-state index is 12.1. The van der Waals surface area contributed by atoms with Crippen LogP contribution >= 0.6 is 0 Å². The quantitative estimate of drug-likeness (QED) is 0.379. The van der Waals surface area contributed by atoms with E-state index < -0.39 is 12.1 Å². The topological polar surface area (TPSA) is 73.9 Å². The number of carbonyl (C=O) groups is 2. The van der Waals surface area contributed by atoms with Crippen LogP contribution in [-0.4, -0.2) is 31.7 Å². The first-order valence-electron chi connectivity index (χ1n) is 9.15. The number of amides is 1. The van der Waals surface area contributed by atoms with Gasteiger partial charge in [0.1, 0.15) is 18.1 Å². The van der Waals surface area contributed by atoms with Crippen molar-refractivity contribution in [2.45, 2.75) is 19.6 Å². The van der Waals surface area contributed by atoms with E-state index in [1.807, 2.05) is 36.4 Å². The molecule has 0 radical (unpaired) electrons. The van der Waals surface area contributed by atoms with Gasteiger partial charge in [-0.1, -0.05) is 36.9 Å². The van der Waals surface area contributed by atoms with Gasteiger partial charge in [0, 0.05) is 12.6 Å². The fourth-order valence-electron chi connectivity index (χ4n) is 2.34. The van der Waals surface area contributed by atoms with Crippen LogP contribution in [0.25, 0.3) is 6.08 Å². The van der Waals surface area contributed by atoms with Crippen molar-refractivity contribution in [2.24, 2.45) is 0 Å². The zero-order valence-corrected chi connectivity index (χ0v) is 16.6. The van der Waals surface area contributed by atoms with Crippen molar-refractivity contribution in [3.63, 3.8) is 0 Å². The fourth-order valence-corrected chi connectivity index (χ4v) is 2.34. The number of carbonyl (C=O) groups excluding carboxylic acids is 2. The summed E-state index contributed by atoms with van der Waals surface area (Å²) in [7, 11) is 1.59. The molecule has 29 heavy (non-hydrogen) atoms. The molecule has 1 N–H and O–H groups in total. The Morgan fingerprint density at radius 3 is 2.34 bits per heavy atom. The number of ether oxygens (including phenoxy) is 3. The highest BCUT2D eigenvalue weighted by molar-refractivity contribution is 5.90. The maximum Gasteiger partial charge on any atom is 0.331 e. The number of hydrogen-bond donors (Lipinski definition) is 1. The summed E-state index contributed by atoms with van der Waals surface area (Å²) >= 11 is 0. The summed E-state index contributed by atoms with van der Waals surface area (Å²) in [6, 6.07) is 14.5. The van der Waals surface area contributed by atoms with E-state index in [9.17, 15) is 9.59 Å². The van der Waals surface area contributed by atoms with Crippen molar-refractivity contribution >= 4 is 18.0 Å². The van der Waals surface area contributed by atoms with Gasteiger partial charge in [0.25, 0.3) is 5.91 Å². The molecule has 0 saturated carbocycles. The van der Waals surface area contributed by atoms with Gasteiger partial charge in [-0.3, -0.25) is 4.79 Å². The molecular formula is C23H25NO5. The SMILES string of the molecule is C=CCOc1ccc(/C=C/C(=O)O[C@H](C)C(=O)NCc2ccc(OC)cc2)cc1. The Labute approximate surface area is 170 Å². The predicted molar refractivity (Wildman–Crippen MR) is 112 cm³/mol. The largest absolute Gasteiger partial charge is 0.497 e. The van der Waals surface area contributed by atoms with Crippen LogP contribution in [0.2, 0.25) is 0 Å². The Bertz CT molecular complexity index is 841. The Balaban J connectivity index is 1.78. The summed E-state index contributed by atoms with van der Waals surface area (Å²) in [5.74, 6) is 0.496. The lowest BCUT2D eigenvalue weighted by Gasteiger charge is -2.12. The molecule has 0 unspecified atom stereocenters. The molecule has 1 amide bonds. The first kappa shape index (κ1) is 21.8. The number of hydrogen-bond acceptors (Lipinski definition) is 5. The fraction of sp³-hybridized carbons (Fsp3) is 0.217. The second kappa shape index (κ2) is 11.3. The number of benzene rings is 2. The van der Waals surface area contributed by atoms with Crippen molar-refractivity contribution in [1.29, 1.82) is 0 Å². The lowest BCUT2D eigenvalue weighted by Crippen LogP contribution is -2.35. The molecule has 6 heteroatoms. The predicted octanol–water partition coefficient (Wildman–Crippen LogP) is 3.52. The zero-order valence-electron chi connectivity index (χ0n) is 16.6. The minimum atomic E-state index is -0.903. The Kier molecular flexibility index (Phi) is 8.51. The van der Waals surface area contributed by atoms with Gasteiger partial charge in [0.15, 0.2) is 6.10 Å². The number of methoxy groups -OCH3 is 1. The van der Waals surface area contributed by atoms with E-state index in [1.165, 1.54) is 13.0 Å². The van der Waals surface area contributed by atoms with Crippen LogP contribution in [0.1, 0.15) is 18.1 Å². The van der Waals surface area contributed by atoms with Crippen LogP contribution in [-0.2, 0) is 20.9 Å². The highest BCUT2D eigenvalue weighted by atomic mass is 16.5. The van der Waals surface area contributed by atoms with Crippen molar-refractivity contribution in [1.82, 2.24) is 5.32 Å². The van der Waals surface area contributed by atoms with Gasteiger partial charge in [-0.05, 0) is 48.4 Å². The van der Waals surface area contributed by atoms with E-state index in [0.717, 1.165) is 16.9 Å². The molecule has 0 heterocycles. The molecule has 152 valence electrons. The monoisotopic (exact) mass is 395 g/mol. The van der Waals surface area contributed by atoms with E-state index in [0.29, 0.717) is 18.9 Å². The highest BCUT2D eigenvalue weighted by Gasteiger charge is 2.16. The molecule has 2 aromatic carbocycles. The average molecular weight is 395 g/mol. The standard InChI is InChI=1S/C23H25NO5/c1-4-15-28-21-12-5-18(6-13-21)9-14-22(25)29-17(2)23(26)24-16-19-7-10-20(27-3)11-8-19/h4-14,17H,1,15-16H2,2-3H3,(H,24,26)/b14-9+/t17-/m1/s1. The Morgan fingerprint density at radius 1 is 1.07 bits per heavy atom. The summed E-state index contributed by atoms with van der Waals surface area (Å²) < 4.78 is 15.6. The van der Waals surface area contributed by atoms with E-state index in [1.54, 1.807) is 31.4 Å². The molecule has 0 aromatic heterocycles. The summed E-state index contributed by atoms with van der Waals surface area (Å²) in [4.78, 5) is 24.1. The molecule has 0 aliphatic heterocycles. The number of esters is 1. The molecule has 0 saturated heterocycles. The van der Waals surface area contributed by atoms with Crippen molar-refractivity contribution in [3.8, 4) is 11.5 Å². The third-order valence-corrected chi connectivity index (χ3v) is 3.95. The normalized spacial score (nSPS) is 11.5. The van der Waals surface area contributed by atoms with Gasteiger partial charge >= 0.3 is 5.97 Å². The van der Waals surface area contributed by atoms with Gasteiger partial charge in [-0.25, -0.2) is 4.79 Å². The second-order valence-electron chi connectivity index (χ2n) is 6.15. The van der Waals surface area contributed by atoms with Gasteiger partial charge in [0.2, 0.25) is 0 Å². The molecule has 2 aromatic rings. The molecule has 0 aliphatic rings. The van der Waals surface area contributed by atoms with Crippen molar-refractivity contribution < 1.29 is 23.8 Å². The highest BCUT2D eigenvalue weighted by Crippen LogP contribution is 2.13. The molecule has 2 rings (SSSR count). The maximum absolute atomic E-state index is 12.1. The van der Waals surface area contributed by atoms with Crippen molar-refractivity contribution in [2.75, 3.05) is 13.7 Å². The van der Waals surface area contributed by atoms with Crippen LogP contribution in [0.15, 0.2) is 67.3 Å². The third kappa shape index (κ3) is 7.54. The zero-order chi connectivity index (χ0) is 21.1. The van der Waals surface area contributed by atoms with Crippen LogP contribution < -0.4 is 14.8 Å². The van der Waals surface area contributed by atoms with Gasteiger partial charge < -0.3 is 19.5 Å². The van der Waals surface area contributed by atoms with Gasteiger partial charge in [-0.2, -0.15) is 0 Å². The number of nitrogens with one attached hydrogen (secondary N) is 1. The van der Waals surface area contributed by atoms with E-state index >= 15 is 0 Å². The molecule has 0 fully saturated rings. The summed E-state index contributed by atoms with van der Waals surface area (Å²) in [5.41, 5.74) is 1.72. The van der Waals surface area contributed by atoms with Crippen LogP contribution in [0.5, 0.6) is 11.5 Å². The smallest absolute Gasteiger partial charge is 0.331 e. The van der Waals surface area contributed by atoms with Gasteiger partial charge in [-0.15, -0.1) is 0 Å². The van der Waals surface area contributed by atoms with Crippen molar-refractivity contribution in [3.05, 3.63) is 78.4 Å². The minimum absolute atomic E-state index is 0.334. The summed E-state index contributed by atoms with van der Waals surface area (Å²) in [6.07, 6.45) is 3.66. The molecule has 1 atom stereocenters. The molecule has 6 nitrogen and oxygen atoms in total. The average Bonchev–Trinajstić information content (AvgIpc) is 2.75. The Hall–Kier alpha value is -3.54. The molecule has 0 spiro atoms. The summed E-state index contributed by atoms with van der Waals surface area (Å²) in [5, 5.41) is 2.74. The molecule has 0 bridgehead atoms. The van der Waals surface area contributed by atoms with Gasteiger partial charge in [0.05, 0.1) is 7.11 Å². The minimum Gasteiger partial charge on any atom is -0.497 e. The first-order valence-corrected chi connectivity index (χ1v) is 9.15. The van der Waals surface area contributed by atoms with Crippen LogP contribution in [0.3, 0.4) is 0 Å². The molecule has 0 aliphatic carbocycles. The second-order valence-corrected chi connectivity index (χ2v) is 6.15. The lowest BCUT2D eigenvalue weighted by molar-refractivity contribution is -0.150. The van der Waals surface area contributed by atoms with Crippen LogP contribution in [0.4, 0.5) is 0 Å². The first-order chi connectivity index (χ1) is 14.0. The van der Waals surface area contributed by atoms with E-state index in [2.05, 4.69) is 11.9 Å². The molecular weight excluding hydrogens is 370 g/mol. The van der Waals surface area contributed by atoms with E-state index in [4.69, 9.17) is 14.2 Å². The summed E-state index contributed by atoms with van der Waals surface area (Å²) in [6.45, 7) is 5.88. The third-order valence-electron chi connectivity index (χ3n) is 3.95. The van der Waals surface area contributed by atoms with Crippen LogP contribution in [0, 0.1) is 0 Å². The Morgan fingerprint density at radius 2 is 1.72 bits per heavy atom. The van der Waals surface area contributed by atoms with E-state index in [-0.39, 0.29) is 5.91 Å². The lowest BCUT2D eigenvalue weighted by atomic mass is 10.2. The number of rotatable bonds is 10.